The molecule has 1 heterocycles. The lowest BCUT2D eigenvalue weighted by atomic mass is 10.1. The number of ether oxygens (including phenoxy) is 1. The minimum absolute atomic E-state index is 0.113. The third-order valence-electron chi connectivity index (χ3n) is 4.36. The Hall–Kier alpha value is -2.48. The third kappa shape index (κ3) is 6.26. The summed E-state index contributed by atoms with van der Waals surface area (Å²) in [7, 11) is 0. The van der Waals surface area contributed by atoms with Crippen molar-refractivity contribution in [3.8, 4) is 5.75 Å². The number of rotatable bonds is 9. The van der Waals surface area contributed by atoms with Gasteiger partial charge in [-0.05, 0) is 49.2 Å². The average molecular weight is 477 g/mol. The number of hydrogen-bond acceptors (Lipinski definition) is 5. The van der Waals surface area contributed by atoms with Crippen LogP contribution in [-0.4, -0.2) is 26.4 Å². The van der Waals surface area contributed by atoms with Crippen LogP contribution in [0.5, 0.6) is 5.75 Å². The number of carbonyl (C=O) groups excluding carboxylic acids is 1. The summed E-state index contributed by atoms with van der Waals surface area (Å²) in [5.74, 6) is 1.19. The first kappa shape index (κ1) is 23.2. The first-order chi connectivity index (χ1) is 14.9. The van der Waals surface area contributed by atoms with E-state index in [9.17, 15) is 4.79 Å². The van der Waals surface area contributed by atoms with Crippen LogP contribution in [0.25, 0.3) is 0 Å². The van der Waals surface area contributed by atoms with Gasteiger partial charge in [0.25, 0.3) is 0 Å². The van der Waals surface area contributed by atoms with Gasteiger partial charge in [0.1, 0.15) is 12.4 Å². The fourth-order valence-electron chi connectivity index (χ4n) is 2.77. The molecule has 0 saturated carbocycles. The van der Waals surface area contributed by atoms with E-state index in [1.165, 1.54) is 11.8 Å². The number of aromatic nitrogens is 3. The molecular weight excluding hydrogens is 455 g/mol. The van der Waals surface area contributed by atoms with E-state index in [1.54, 1.807) is 24.3 Å². The predicted molar refractivity (Wildman–Crippen MR) is 126 cm³/mol. The van der Waals surface area contributed by atoms with Crippen LogP contribution in [0.2, 0.25) is 10.0 Å². The molecule has 0 saturated heterocycles. The second-order valence-corrected chi connectivity index (χ2v) is 8.60. The third-order valence-corrected chi connectivity index (χ3v) is 5.85. The highest BCUT2D eigenvalue weighted by atomic mass is 35.5. The number of carbonyl (C=O) groups is 1. The van der Waals surface area contributed by atoms with Gasteiger partial charge in [0, 0.05) is 17.3 Å². The summed E-state index contributed by atoms with van der Waals surface area (Å²) in [5, 5.41) is 12.9. The average Bonchev–Trinajstić information content (AvgIpc) is 3.10. The number of aryl methyl sites for hydroxylation is 2. The minimum Gasteiger partial charge on any atom is -0.484 e. The first-order valence-corrected chi connectivity index (χ1v) is 11.2. The molecule has 0 aliphatic rings. The van der Waals surface area contributed by atoms with Crippen molar-refractivity contribution < 1.29 is 9.53 Å². The Labute approximate surface area is 195 Å². The zero-order valence-corrected chi connectivity index (χ0v) is 19.5. The molecule has 3 rings (SSSR count). The van der Waals surface area contributed by atoms with Gasteiger partial charge in [-0.1, -0.05) is 53.2 Å². The largest absolute Gasteiger partial charge is 0.484 e. The van der Waals surface area contributed by atoms with Gasteiger partial charge in [-0.15, -0.1) is 16.8 Å². The Morgan fingerprint density at radius 3 is 2.77 bits per heavy atom. The van der Waals surface area contributed by atoms with E-state index in [2.05, 4.69) is 22.1 Å². The van der Waals surface area contributed by atoms with E-state index in [1.807, 2.05) is 36.6 Å². The molecule has 0 unspecified atom stereocenters. The van der Waals surface area contributed by atoms with E-state index in [4.69, 9.17) is 27.9 Å². The molecule has 0 atom stereocenters. The highest BCUT2D eigenvalue weighted by Crippen LogP contribution is 2.28. The van der Waals surface area contributed by atoms with Crippen LogP contribution in [0.4, 0.5) is 5.69 Å². The van der Waals surface area contributed by atoms with Gasteiger partial charge in [0.2, 0.25) is 5.91 Å². The van der Waals surface area contributed by atoms with Crippen LogP contribution in [0.1, 0.15) is 17.0 Å². The van der Waals surface area contributed by atoms with Crippen LogP contribution in [0.3, 0.4) is 0 Å². The molecule has 1 aromatic heterocycles. The molecule has 162 valence electrons. The van der Waals surface area contributed by atoms with Crippen LogP contribution in [-0.2, 0) is 17.9 Å². The first-order valence-electron chi connectivity index (χ1n) is 9.48. The van der Waals surface area contributed by atoms with Gasteiger partial charge in [0.05, 0.1) is 10.8 Å². The van der Waals surface area contributed by atoms with Gasteiger partial charge in [-0.2, -0.15) is 0 Å². The summed E-state index contributed by atoms with van der Waals surface area (Å²) in [6.45, 7) is 8.39. The second kappa shape index (κ2) is 10.7. The maximum absolute atomic E-state index is 12.4. The summed E-state index contributed by atoms with van der Waals surface area (Å²) >= 11 is 13.4. The fourth-order valence-corrected chi connectivity index (χ4v) is 4.00. The molecule has 6 nitrogen and oxygen atoms in total. The number of nitrogens with one attached hydrogen (secondary N) is 1. The van der Waals surface area contributed by atoms with Gasteiger partial charge >= 0.3 is 0 Å². The molecule has 0 aliphatic heterocycles. The van der Waals surface area contributed by atoms with Crippen LogP contribution in [0, 0.1) is 13.8 Å². The van der Waals surface area contributed by atoms with Crippen molar-refractivity contribution in [1.29, 1.82) is 0 Å². The number of halogens is 2. The van der Waals surface area contributed by atoms with Crippen LogP contribution in [0.15, 0.2) is 54.2 Å². The maximum atomic E-state index is 12.4. The molecule has 1 amide bonds. The molecule has 0 spiro atoms. The number of anilines is 1. The molecular formula is C22H22Cl2N4O2S. The summed E-state index contributed by atoms with van der Waals surface area (Å²) < 4.78 is 7.62. The minimum atomic E-state index is -0.113. The molecule has 0 fully saturated rings. The zero-order chi connectivity index (χ0) is 22.4. The van der Waals surface area contributed by atoms with Crippen molar-refractivity contribution in [2.24, 2.45) is 0 Å². The van der Waals surface area contributed by atoms with Crippen molar-refractivity contribution in [3.05, 3.63) is 76.0 Å². The number of nitrogens with zero attached hydrogens (tertiary/aromatic N) is 3. The van der Waals surface area contributed by atoms with Gasteiger partial charge < -0.3 is 10.1 Å². The predicted octanol–water partition coefficient (Wildman–Crippen LogP) is 5.70. The lowest BCUT2D eigenvalue weighted by molar-refractivity contribution is -0.113. The smallest absolute Gasteiger partial charge is 0.234 e. The number of benzene rings is 2. The topological polar surface area (TPSA) is 69.0 Å². The Balaban J connectivity index is 1.64. The van der Waals surface area contributed by atoms with Crippen LogP contribution < -0.4 is 10.1 Å². The maximum Gasteiger partial charge on any atom is 0.234 e. The lowest BCUT2D eigenvalue weighted by Gasteiger charge is -2.11. The molecule has 31 heavy (non-hydrogen) atoms. The fraction of sp³-hybridized carbons (Fsp3) is 0.227. The summed E-state index contributed by atoms with van der Waals surface area (Å²) in [4.78, 5) is 12.4. The summed E-state index contributed by atoms with van der Waals surface area (Å²) in [6, 6.07) is 11.0. The Morgan fingerprint density at radius 2 is 2.03 bits per heavy atom. The van der Waals surface area contributed by atoms with Crippen molar-refractivity contribution in [2.45, 2.75) is 32.2 Å². The molecule has 2 aromatic carbocycles. The number of amides is 1. The van der Waals surface area contributed by atoms with Gasteiger partial charge in [0.15, 0.2) is 11.0 Å². The van der Waals surface area contributed by atoms with E-state index >= 15 is 0 Å². The van der Waals surface area contributed by atoms with E-state index in [0.29, 0.717) is 33.3 Å². The second-order valence-electron chi connectivity index (χ2n) is 6.82. The highest BCUT2D eigenvalue weighted by Gasteiger charge is 2.15. The number of allylic oxidation sites excluding steroid dienone is 1. The quantitative estimate of drug-likeness (QED) is 0.316. The molecule has 0 aliphatic carbocycles. The van der Waals surface area contributed by atoms with E-state index in [-0.39, 0.29) is 18.3 Å². The van der Waals surface area contributed by atoms with E-state index in [0.717, 1.165) is 16.8 Å². The normalized spacial score (nSPS) is 10.7. The molecule has 9 heteroatoms. The van der Waals surface area contributed by atoms with Crippen molar-refractivity contribution >= 4 is 46.6 Å². The molecule has 0 bridgehead atoms. The molecule has 1 N–H and O–H groups in total. The summed E-state index contributed by atoms with van der Waals surface area (Å²) in [6.07, 6.45) is 1.74. The van der Waals surface area contributed by atoms with E-state index < -0.39 is 0 Å². The SMILES string of the molecule is C=CCn1c(COc2ccc(Cl)cc2Cl)nnc1SCC(=O)Nc1cc(C)ccc1C. The number of thioether (sulfide) groups is 1. The Morgan fingerprint density at radius 1 is 1.23 bits per heavy atom. The zero-order valence-electron chi connectivity index (χ0n) is 17.2. The van der Waals surface area contributed by atoms with Gasteiger partial charge in [-0.25, -0.2) is 0 Å². The molecule has 0 radical (unpaired) electrons. The number of hydrogen-bond donors (Lipinski definition) is 1. The standard InChI is InChI=1S/C22H22Cl2N4O2S/c1-4-9-28-20(12-30-19-8-7-16(23)11-17(19)24)26-27-22(28)31-13-21(29)25-18-10-14(2)5-6-15(18)3/h4-8,10-11H,1,9,12-13H2,2-3H3,(H,25,29). The van der Waals surface area contributed by atoms with Crippen LogP contribution >= 0.6 is 35.0 Å². The lowest BCUT2D eigenvalue weighted by Crippen LogP contribution is -2.15. The highest BCUT2D eigenvalue weighted by molar-refractivity contribution is 7.99. The van der Waals surface area contributed by atoms with Crippen molar-refractivity contribution in [2.75, 3.05) is 11.1 Å². The monoisotopic (exact) mass is 476 g/mol. The van der Waals surface area contributed by atoms with Crippen molar-refractivity contribution in [1.82, 2.24) is 14.8 Å². The van der Waals surface area contributed by atoms with Crippen molar-refractivity contribution in [3.63, 3.8) is 0 Å². The molecule has 3 aromatic rings. The van der Waals surface area contributed by atoms with Gasteiger partial charge in [-0.3, -0.25) is 9.36 Å². The Kier molecular flexibility index (Phi) is 8.01. The summed E-state index contributed by atoms with van der Waals surface area (Å²) in [5.41, 5.74) is 2.91. The Bertz CT molecular complexity index is 1100.